The van der Waals surface area contributed by atoms with Gasteiger partial charge < -0.3 is 15.6 Å². The molecule has 0 spiro atoms. The van der Waals surface area contributed by atoms with Crippen LogP contribution in [0.4, 0.5) is 11.6 Å². The van der Waals surface area contributed by atoms with Crippen molar-refractivity contribution in [3.63, 3.8) is 0 Å². The summed E-state index contributed by atoms with van der Waals surface area (Å²) in [5, 5.41) is 8.81. The number of nitrogen functional groups attached to an aromatic ring is 1. The molecule has 24 heavy (non-hydrogen) atoms. The lowest BCUT2D eigenvalue weighted by atomic mass is 10.1. The average Bonchev–Trinajstić information content (AvgIpc) is 2.57. The number of aromatic nitrogens is 1. The van der Waals surface area contributed by atoms with Crippen molar-refractivity contribution in [1.82, 2.24) is 4.98 Å². The summed E-state index contributed by atoms with van der Waals surface area (Å²) in [6, 6.07) is 12.4. The van der Waals surface area contributed by atoms with Gasteiger partial charge in [-0.05, 0) is 18.6 Å². The number of nitrogens with two attached hydrogens (primary N) is 1. The fourth-order valence-electron chi connectivity index (χ4n) is 2.60. The Morgan fingerprint density at radius 3 is 2.71 bits per heavy atom. The van der Waals surface area contributed by atoms with Gasteiger partial charge in [0.05, 0.1) is 0 Å². The van der Waals surface area contributed by atoms with Gasteiger partial charge in [0, 0.05) is 18.5 Å². The molecule has 1 atom stereocenters. The van der Waals surface area contributed by atoms with Crippen LogP contribution in [-0.2, 0) is 9.59 Å². The maximum Gasteiger partial charge on any atom is 0.303 e. The molecule has 2 heterocycles. The SMILES string of the molecule is Nc1ccc2c(n1)N(CCCC(=O)O)C(=O)C(c1ccccc1)O2. The van der Waals surface area contributed by atoms with Crippen LogP contribution in [0.2, 0.25) is 0 Å². The number of pyridine rings is 1. The Morgan fingerprint density at radius 2 is 2.00 bits per heavy atom. The summed E-state index contributed by atoms with van der Waals surface area (Å²) in [6.07, 6.45) is -0.495. The summed E-state index contributed by atoms with van der Waals surface area (Å²) in [6.45, 7) is 0.237. The van der Waals surface area contributed by atoms with Gasteiger partial charge in [0.2, 0.25) is 6.10 Å². The lowest BCUT2D eigenvalue weighted by molar-refractivity contribution is -0.137. The van der Waals surface area contributed by atoms with Crippen LogP contribution in [0.5, 0.6) is 5.75 Å². The molecular formula is C17H17N3O4. The maximum atomic E-state index is 12.8. The molecule has 0 saturated carbocycles. The fourth-order valence-corrected chi connectivity index (χ4v) is 2.60. The van der Waals surface area contributed by atoms with E-state index in [1.807, 2.05) is 30.3 Å². The van der Waals surface area contributed by atoms with Crippen molar-refractivity contribution in [2.24, 2.45) is 0 Å². The van der Waals surface area contributed by atoms with Crippen molar-refractivity contribution in [3.8, 4) is 5.75 Å². The first-order chi connectivity index (χ1) is 11.6. The van der Waals surface area contributed by atoms with Gasteiger partial charge in [0.15, 0.2) is 11.6 Å². The molecule has 7 heteroatoms. The first-order valence-corrected chi connectivity index (χ1v) is 7.57. The van der Waals surface area contributed by atoms with Crippen LogP contribution < -0.4 is 15.4 Å². The van der Waals surface area contributed by atoms with Gasteiger partial charge in [-0.3, -0.25) is 14.5 Å². The second-order valence-corrected chi connectivity index (χ2v) is 5.45. The predicted octanol–water partition coefficient (Wildman–Crippen LogP) is 2.00. The topological polar surface area (TPSA) is 106 Å². The Labute approximate surface area is 138 Å². The van der Waals surface area contributed by atoms with E-state index in [0.29, 0.717) is 18.0 Å². The van der Waals surface area contributed by atoms with E-state index in [0.717, 1.165) is 5.56 Å². The van der Waals surface area contributed by atoms with Crippen LogP contribution >= 0.6 is 0 Å². The molecule has 3 N–H and O–H groups in total. The number of hydrogen-bond donors (Lipinski definition) is 2. The zero-order valence-corrected chi connectivity index (χ0v) is 12.9. The molecule has 1 aliphatic heterocycles. The molecule has 3 rings (SSSR count). The number of rotatable bonds is 5. The minimum Gasteiger partial charge on any atom is -0.481 e. The largest absolute Gasteiger partial charge is 0.481 e. The fraction of sp³-hybridized carbons (Fsp3) is 0.235. The standard InChI is InChI=1S/C17H17N3O4/c18-13-9-8-12-16(19-13)20(10-4-7-14(21)22)17(23)15(24-12)11-5-2-1-3-6-11/h1-3,5-6,8-9,15H,4,7,10H2,(H2,18,19)(H,21,22). The van der Waals surface area contributed by atoms with Gasteiger partial charge >= 0.3 is 5.97 Å². The molecular weight excluding hydrogens is 310 g/mol. The average molecular weight is 327 g/mol. The minimum absolute atomic E-state index is 0.0295. The van der Waals surface area contributed by atoms with Crippen molar-refractivity contribution in [1.29, 1.82) is 0 Å². The molecule has 0 fully saturated rings. The molecule has 1 aromatic heterocycles. The van der Waals surface area contributed by atoms with E-state index in [9.17, 15) is 9.59 Å². The molecule has 1 unspecified atom stereocenters. The van der Waals surface area contributed by atoms with Gasteiger partial charge in [-0.2, -0.15) is 0 Å². The van der Waals surface area contributed by atoms with E-state index >= 15 is 0 Å². The summed E-state index contributed by atoms with van der Waals surface area (Å²) < 4.78 is 5.82. The molecule has 0 saturated heterocycles. The van der Waals surface area contributed by atoms with Crippen molar-refractivity contribution in [2.45, 2.75) is 18.9 Å². The predicted molar refractivity (Wildman–Crippen MR) is 87.7 cm³/mol. The molecule has 0 aliphatic carbocycles. The number of fused-ring (bicyclic) bond motifs is 1. The second kappa shape index (κ2) is 6.57. The van der Waals surface area contributed by atoms with Crippen LogP contribution in [0.25, 0.3) is 0 Å². The lowest BCUT2D eigenvalue weighted by Crippen LogP contribution is -2.42. The molecule has 7 nitrogen and oxygen atoms in total. The highest BCUT2D eigenvalue weighted by Gasteiger charge is 2.36. The summed E-state index contributed by atoms with van der Waals surface area (Å²) in [5.41, 5.74) is 6.44. The third-order valence-corrected chi connectivity index (χ3v) is 3.73. The molecule has 1 aliphatic rings. The highest BCUT2D eigenvalue weighted by Crippen LogP contribution is 2.38. The highest BCUT2D eigenvalue weighted by molar-refractivity contribution is 5.99. The summed E-state index contributed by atoms with van der Waals surface area (Å²) >= 11 is 0. The van der Waals surface area contributed by atoms with Crippen LogP contribution in [0.3, 0.4) is 0 Å². The number of ether oxygens (including phenoxy) is 1. The number of carbonyl (C=O) groups is 2. The van der Waals surface area contributed by atoms with E-state index in [-0.39, 0.29) is 24.7 Å². The third-order valence-electron chi connectivity index (χ3n) is 3.73. The number of nitrogens with zero attached hydrogens (tertiary/aromatic N) is 2. The number of carboxylic acids is 1. The van der Waals surface area contributed by atoms with E-state index in [4.69, 9.17) is 15.6 Å². The Bertz CT molecular complexity index is 764. The van der Waals surface area contributed by atoms with Crippen molar-refractivity contribution >= 4 is 23.5 Å². The van der Waals surface area contributed by atoms with Crippen molar-refractivity contribution in [2.75, 3.05) is 17.2 Å². The molecule has 1 aromatic carbocycles. The number of anilines is 2. The number of hydrogen-bond acceptors (Lipinski definition) is 5. The number of carboxylic acid groups (broad SMARTS) is 1. The Balaban J connectivity index is 1.93. The lowest BCUT2D eigenvalue weighted by Gasteiger charge is -2.33. The normalized spacial score (nSPS) is 16.4. The van der Waals surface area contributed by atoms with Crippen molar-refractivity contribution in [3.05, 3.63) is 48.0 Å². The smallest absolute Gasteiger partial charge is 0.303 e. The van der Waals surface area contributed by atoms with Crippen molar-refractivity contribution < 1.29 is 19.4 Å². The highest BCUT2D eigenvalue weighted by atomic mass is 16.5. The number of aliphatic carboxylic acids is 1. The quantitative estimate of drug-likeness (QED) is 0.870. The number of carbonyl (C=O) groups excluding carboxylic acids is 1. The molecule has 1 amide bonds. The first-order valence-electron chi connectivity index (χ1n) is 7.57. The van der Waals surface area contributed by atoms with Gasteiger partial charge in [0.1, 0.15) is 5.82 Å². The van der Waals surface area contributed by atoms with Gasteiger partial charge in [-0.1, -0.05) is 30.3 Å². The van der Waals surface area contributed by atoms with Gasteiger partial charge in [-0.15, -0.1) is 0 Å². The van der Waals surface area contributed by atoms with Crippen LogP contribution in [0.15, 0.2) is 42.5 Å². The Kier molecular flexibility index (Phi) is 4.33. The second-order valence-electron chi connectivity index (χ2n) is 5.45. The van der Waals surface area contributed by atoms with E-state index < -0.39 is 12.1 Å². The third kappa shape index (κ3) is 3.15. The van der Waals surface area contributed by atoms with E-state index in [1.54, 1.807) is 12.1 Å². The molecule has 2 aromatic rings. The summed E-state index contributed by atoms with van der Waals surface area (Å²) in [5.74, 6) is -0.134. The zero-order valence-electron chi connectivity index (χ0n) is 12.9. The molecule has 124 valence electrons. The van der Waals surface area contributed by atoms with E-state index in [2.05, 4.69) is 4.98 Å². The van der Waals surface area contributed by atoms with Crippen LogP contribution in [0, 0.1) is 0 Å². The Hall–Kier alpha value is -3.09. The minimum atomic E-state index is -0.906. The Morgan fingerprint density at radius 1 is 1.25 bits per heavy atom. The van der Waals surface area contributed by atoms with Gasteiger partial charge in [-0.25, -0.2) is 4.98 Å². The zero-order chi connectivity index (χ0) is 17.1. The number of amides is 1. The molecule has 0 bridgehead atoms. The van der Waals surface area contributed by atoms with Gasteiger partial charge in [0.25, 0.3) is 5.91 Å². The van der Waals surface area contributed by atoms with Crippen LogP contribution in [0.1, 0.15) is 24.5 Å². The van der Waals surface area contributed by atoms with E-state index in [1.165, 1.54) is 4.90 Å². The maximum absolute atomic E-state index is 12.8. The molecule has 0 radical (unpaired) electrons. The number of benzene rings is 1. The summed E-state index contributed by atoms with van der Waals surface area (Å²) in [4.78, 5) is 29.2. The first kappa shape index (κ1) is 15.8. The van der Waals surface area contributed by atoms with Crippen LogP contribution in [-0.4, -0.2) is 28.5 Å². The summed E-state index contributed by atoms with van der Waals surface area (Å²) in [7, 11) is 0. The monoisotopic (exact) mass is 327 g/mol.